The van der Waals surface area contributed by atoms with Gasteiger partial charge in [0.2, 0.25) is 0 Å². The van der Waals surface area contributed by atoms with Gasteiger partial charge < -0.3 is 4.74 Å². The van der Waals surface area contributed by atoms with Crippen molar-refractivity contribution in [1.82, 2.24) is 0 Å². The number of thiocarbonyl (C=S) groups is 1. The van der Waals surface area contributed by atoms with Crippen LogP contribution in [0.15, 0.2) is 30.3 Å². The average molecular weight is 441 g/mol. The molecule has 1 aromatic carbocycles. The Bertz CT molecular complexity index is 534. The van der Waals surface area contributed by atoms with E-state index in [1.165, 1.54) is 76.0 Å². The molecule has 0 aromatic heterocycles. The molecule has 1 unspecified atom stereocenters. The Morgan fingerprint density at radius 1 is 0.964 bits per heavy atom. The van der Waals surface area contributed by atoms with Crippen molar-refractivity contribution in [2.75, 3.05) is 5.75 Å². The maximum atomic E-state index is 12.1. The number of benzene rings is 1. The molecule has 2 nitrogen and oxygen atoms in total. The normalized spacial score (nSPS) is 11.9. The summed E-state index contributed by atoms with van der Waals surface area (Å²) >= 11 is 8.56. The van der Waals surface area contributed by atoms with E-state index in [0.29, 0.717) is 6.61 Å². The minimum absolute atomic E-state index is 0.198. The second kappa shape index (κ2) is 17.3. The number of hydrogen-bond acceptors (Lipinski definition) is 5. The van der Waals surface area contributed by atoms with Gasteiger partial charge in [-0.15, -0.1) is 11.8 Å². The maximum Gasteiger partial charge on any atom is 0.319 e. The van der Waals surface area contributed by atoms with E-state index in [-0.39, 0.29) is 11.2 Å². The molecule has 0 aliphatic rings. The van der Waals surface area contributed by atoms with Crippen molar-refractivity contribution in [3.63, 3.8) is 0 Å². The Kier molecular flexibility index (Phi) is 15.8. The summed E-state index contributed by atoms with van der Waals surface area (Å²) in [5, 5.41) is -0.253. The highest BCUT2D eigenvalue weighted by atomic mass is 32.2. The maximum absolute atomic E-state index is 12.1. The highest BCUT2D eigenvalue weighted by Crippen LogP contribution is 2.24. The monoisotopic (exact) mass is 440 g/mol. The summed E-state index contributed by atoms with van der Waals surface area (Å²) < 4.78 is 6.22. The van der Waals surface area contributed by atoms with Gasteiger partial charge in [-0.2, -0.15) is 0 Å². The van der Waals surface area contributed by atoms with Crippen LogP contribution >= 0.6 is 35.7 Å². The van der Waals surface area contributed by atoms with Crippen LogP contribution < -0.4 is 0 Å². The summed E-state index contributed by atoms with van der Waals surface area (Å²) in [5.41, 5.74) is 1.01. The number of rotatable bonds is 15. The smallest absolute Gasteiger partial charge is 0.319 e. The molecule has 1 rings (SSSR count). The molecule has 0 saturated heterocycles. The molecule has 5 heteroatoms. The zero-order valence-electron chi connectivity index (χ0n) is 17.5. The number of thioether (sulfide) groups is 2. The fraction of sp³-hybridized carbons (Fsp3) is 0.652. The van der Waals surface area contributed by atoms with Crippen molar-refractivity contribution in [3.05, 3.63) is 35.9 Å². The average Bonchev–Trinajstić information content (AvgIpc) is 2.71. The van der Waals surface area contributed by atoms with Crippen LogP contribution in [0.3, 0.4) is 0 Å². The van der Waals surface area contributed by atoms with Crippen molar-refractivity contribution >= 4 is 45.2 Å². The zero-order valence-corrected chi connectivity index (χ0v) is 19.9. The molecule has 1 atom stereocenters. The molecular formula is C23H36O2S3. The number of unbranched alkanes of at least 4 members (excludes halogenated alkanes) is 9. The fourth-order valence-electron chi connectivity index (χ4n) is 2.82. The molecule has 0 radical (unpaired) electrons. The molecule has 1 aromatic rings. The number of ether oxygens (including phenoxy) is 1. The third-order valence-corrected chi connectivity index (χ3v) is 7.30. The van der Waals surface area contributed by atoms with Gasteiger partial charge in [0.05, 0.1) is 0 Å². The molecule has 0 N–H and O–H groups in total. The first kappa shape index (κ1) is 25.5. The van der Waals surface area contributed by atoms with E-state index >= 15 is 0 Å². The Morgan fingerprint density at radius 2 is 1.54 bits per heavy atom. The lowest BCUT2D eigenvalue weighted by atomic mass is 10.1. The minimum Gasteiger partial charge on any atom is -0.460 e. The molecule has 0 aliphatic heterocycles. The summed E-state index contributed by atoms with van der Waals surface area (Å²) in [5.74, 6) is 0.851. The van der Waals surface area contributed by atoms with E-state index in [1.807, 2.05) is 37.3 Å². The van der Waals surface area contributed by atoms with Gasteiger partial charge in [0.1, 0.15) is 15.4 Å². The van der Waals surface area contributed by atoms with Gasteiger partial charge >= 0.3 is 5.97 Å². The SMILES string of the molecule is CCCCCCCCCCCCSC(=S)SC(C)C(=O)OCc1ccccc1. The summed E-state index contributed by atoms with van der Waals surface area (Å²) in [4.78, 5) is 12.1. The van der Waals surface area contributed by atoms with Gasteiger partial charge in [-0.05, 0) is 24.7 Å². The molecule has 158 valence electrons. The van der Waals surface area contributed by atoms with Crippen LogP contribution in [0.1, 0.15) is 83.6 Å². The highest BCUT2D eigenvalue weighted by Gasteiger charge is 2.17. The van der Waals surface area contributed by atoms with Gasteiger partial charge in [-0.1, -0.05) is 119 Å². The van der Waals surface area contributed by atoms with E-state index < -0.39 is 0 Å². The predicted molar refractivity (Wildman–Crippen MR) is 130 cm³/mol. The van der Waals surface area contributed by atoms with Crippen molar-refractivity contribution < 1.29 is 9.53 Å². The van der Waals surface area contributed by atoms with Gasteiger partial charge in [0.15, 0.2) is 0 Å². The molecule has 28 heavy (non-hydrogen) atoms. The Labute approximate surface area is 186 Å². The van der Waals surface area contributed by atoms with Crippen LogP contribution in [-0.4, -0.2) is 20.5 Å². The minimum atomic E-state index is -0.253. The molecule has 0 fully saturated rings. The molecule has 0 aliphatic carbocycles. The van der Waals surface area contributed by atoms with Crippen LogP contribution in [-0.2, 0) is 16.1 Å². The Hall–Kier alpha value is -0.520. The van der Waals surface area contributed by atoms with Gasteiger partial charge in [-0.3, -0.25) is 4.79 Å². The molecule has 0 bridgehead atoms. The number of carbonyl (C=O) groups is 1. The third-order valence-electron chi connectivity index (χ3n) is 4.55. The van der Waals surface area contributed by atoms with Crippen LogP contribution in [0.25, 0.3) is 0 Å². The van der Waals surface area contributed by atoms with Crippen molar-refractivity contribution in [2.24, 2.45) is 0 Å². The van der Waals surface area contributed by atoms with E-state index in [9.17, 15) is 4.79 Å². The van der Waals surface area contributed by atoms with Gasteiger partial charge in [-0.25, -0.2) is 0 Å². The summed E-state index contributed by atoms with van der Waals surface area (Å²) in [7, 11) is 0. The van der Waals surface area contributed by atoms with Crippen LogP contribution in [0.4, 0.5) is 0 Å². The van der Waals surface area contributed by atoms with Crippen molar-refractivity contribution in [3.8, 4) is 0 Å². The zero-order chi connectivity index (χ0) is 20.5. The van der Waals surface area contributed by atoms with Crippen molar-refractivity contribution in [1.29, 1.82) is 0 Å². The third kappa shape index (κ3) is 13.6. The molecule has 0 amide bonds. The van der Waals surface area contributed by atoms with Crippen LogP contribution in [0, 0.1) is 0 Å². The second-order valence-corrected chi connectivity index (χ2v) is 10.8. The quantitative estimate of drug-likeness (QED) is 0.157. The summed E-state index contributed by atoms with van der Waals surface area (Å²) in [6, 6.07) is 9.76. The van der Waals surface area contributed by atoms with Crippen LogP contribution in [0.2, 0.25) is 0 Å². The summed E-state index contributed by atoms with van der Waals surface area (Å²) in [6.07, 6.45) is 13.5. The van der Waals surface area contributed by atoms with E-state index in [0.717, 1.165) is 14.8 Å². The first-order chi connectivity index (χ1) is 13.6. The lowest BCUT2D eigenvalue weighted by molar-refractivity contribution is -0.143. The molecule has 0 heterocycles. The van der Waals surface area contributed by atoms with Crippen molar-refractivity contribution in [2.45, 2.75) is 89.9 Å². The van der Waals surface area contributed by atoms with Gasteiger partial charge in [0.25, 0.3) is 0 Å². The number of esters is 1. The van der Waals surface area contributed by atoms with Crippen LogP contribution in [0.5, 0.6) is 0 Å². The van der Waals surface area contributed by atoms with Gasteiger partial charge in [0, 0.05) is 0 Å². The Balaban J connectivity index is 1.98. The van der Waals surface area contributed by atoms with E-state index in [2.05, 4.69) is 6.92 Å². The van der Waals surface area contributed by atoms with E-state index in [1.54, 1.807) is 11.8 Å². The Morgan fingerprint density at radius 3 is 2.14 bits per heavy atom. The van der Waals surface area contributed by atoms with E-state index in [4.69, 9.17) is 17.0 Å². The topological polar surface area (TPSA) is 26.3 Å². The standard InChI is InChI=1S/C23H36O2S3/c1-3-4-5-6-7-8-9-10-11-15-18-27-23(26)28-20(2)22(24)25-19-21-16-13-12-14-17-21/h12-14,16-17,20H,3-11,15,18-19H2,1-2H3. The lowest BCUT2D eigenvalue weighted by Crippen LogP contribution is -2.17. The number of hydrogen-bond donors (Lipinski definition) is 0. The lowest BCUT2D eigenvalue weighted by Gasteiger charge is -2.11. The number of carbonyl (C=O) groups excluding carboxylic acids is 1. The largest absolute Gasteiger partial charge is 0.460 e. The molecular weight excluding hydrogens is 404 g/mol. The first-order valence-electron chi connectivity index (χ1n) is 10.7. The first-order valence-corrected chi connectivity index (χ1v) is 12.9. The highest BCUT2D eigenvalue weighted by molar-refractivity contribution is 8.47. The molecule has 0 spiro atoms. The summed E-state index contributed by atoms with van der Waals surface area (Å²) in [6.45, 7) is 4.45. The second-order valence-electron chi connectivity index (χ2n) is 7.13. The predicted octanol–water partition coefficient (Wildman–Crippen LogP) is 7.79. The fourth-order valence-corrected chi connectivity index (χ4v) is 5.42. The molecule has 0 saturated carbocycles.